The molecule has 1 aliphatic rings. The number of hydrogen-bond donors (Lipinski definition) is 5. The van der Waals surface area contributed by atoms with E-state index in [1.54, 1.807) is 6.07 Å². The highest BCUT2D eigenvalue weighted by atomic mass is 16.2. The van der Waals surface area contributed by atoms with Gasteiger partial charge < -0.3 is 22.1 Å². The maximum Gasteiger partial charge on any atom is 0.254 e. The van der Waals surface area contributed by atoms with Crippen LogP contribution in [0.15, 0.2) is 48.5 Å². The third kappa shape index (κ3) is 4.97. The van der Waals surface area contributed by atoms with Gasteiger partial charge in [-0.3, -0.25) is 15.0 Å². The number of carbonyl (C=O) groups excluding carboxylic acids is 2. The fourth-order valence-corrected chi connectivity index (χ4v) is 3.87. The number of nitrogen functional groups attached to an aromatic ring is 2. The van der Waals surface area contributed by atoms with Crippen molar-refractivity contribution in [3.8, 4) is 0 Å². The quantitative estimate of drug-likeness (QED) is 0.286. The summed E-state index contributed by atoms with van der Waals surface area (Å²) >= 11 is 0. The predicted molar refractivity (Wildman–Crippen MR) is 118 cm³/mol. The van der Waals surface area contributed by atoms with Crippen LogP contribution in [-0.4, -0.2) is 23.7 Å². The maximum absolute atomic E-state index is 13.2. The Bertz CT molecular complexity index is 928. The Hall–Kier alpha value is -3.35. The van der Waals surface area contributed by atoms with Gasteiger partial charge in [0.1, 0.15) is 11.9 Å². The molecule has 0 spiro atoms. The predicted octanol–water partition coefficient (Wildman–Crippen LogP) is 2.72. The van der Waals surface area contributed by atoms with Crippen LogP contribution in [0.5, 0.6) is 0 Å². The highest BCUT2D eigenvalue weighted by Crippen LogP contribution is 2.25. The minimum atomic E-state index is -0.854. The molecule has 0 aliphatic heterocycles. The van der Waals surface area contributed by atoms with Crippen molar-refractivity contribution in [1.29, 1.82) is 5.41 Å². The summed E-state index contributed by atoms with van der Waals surface area (Å²) in [5.41, 5.74) is 13.0. The summed E-state index contributed by atoms with van der Waals surface area (Å²) in [7, 11) is 0. The molecule has 0 aromatic heterocycles. The van der Waals surface area contributed by atoms with E-state index in [0.29, 0.717) is 17.0 Å². The Morgan fingerprint density at radius 2 is 1.80 bits per heavy atom. The van der Waals surface area contributed by atoms with Gasteiger partial charge in [-0.2, -0.15) is 0 Å². The minimum absolute atomic E-state index is 0.0977. The van der Waals surface area contributed by atoms with Crippen LogP contribution in [0, 0.1) is 11.3 Å². The normalized spacial score (nSPS) is 19.5. The number of hydrogen-bond acceptors (Lipinski definition) is 4. The van der Waals surface area contributed by atoms with Crippen molar-refractivity contribution in [2.45, 2.75) is 44.7 Å². The van der Waals surface area contributed by atoms with Gasteiger partial charge in [0, 0.05) is 17.3 Å². The summed E-state index contributed by atoms with van der Waals surface area (Å²) in [6, 6.07) is 13.0. The number of rotatable bonds is 6. The van der Waals surface area contributed by atoms with Crippen molar-refractivity contribution in [2.75, 3.05) is 5.73 Å². The van der Waals surface area contributed by atoms with E-state index in [1.807, 2.05) is 30.3 Å². The summed E-state index contributed by atoms with van der Waals surface area (Å²) in [5.74, 6) is -0.490. The average Bonchev–Trinajstić information content (AvgIpc) is 2.74. The number of nitrogens with two attached hydrogens (primary N) is 2. The fourth-order valence-electron chi connectivity index (χ4n) is 3.87. The van der Waals surface area contributed by atoms with Crippen LogP contribution in [0.25, 0.3) is 0 Å². The topological polar surface area (TPSA) is 134 Å². The molecule has 3 atom stereocenters. The van der Waals surface area contributed by atoms with E-state index < -0.39 is 11.9 Å². The lowest BCUT2D eigenvalue weighted by Gasteiger charge is -2.31. The van der Waals surface area contributed by atoms with Gasteiger partial charge in [-0.15, -0.1) is 0 Å². The van der Waals surface area contributed by atoms with Gasteiger partial charge in [0.05, 0.1) is 5.56 Å². The van der Waals surface area contributed by atoms with Gasteiger partial charge in [0.15, 0.2) is 0 Å². The number of nitrogens with one attached hydrogen (secondary N) is 3. The zero-order valence-electron chi connectivity index (χ0n) is 17.2. The van der Waals surface area contributed by atoms with Gasteiger partial charge in [0.25, 0.3) is 5.91 Å². The van der Waals surface area contributed by atoms with Crippen molar-refractivity contribution in [2.24, 2.45) is 11.7 Å². The smallest absolute Gasteiger partial charge is 0.254 e. The van der Waals surface area contributed by atoms with Gasteiger partial charge in [-0.1, -0.05) is 50.1 Å². The van der Waals surface area contributed by atoms with E-state index in [2.05, 4.69) is 17.6 Å². The Kier molecular flexibility index (Phi) is 6.72. The molecule has 30 heavy (non-hydrogen) atoms. The molecule has 7 nitrogen and oxygen atoms in total. The molecule has 7 heteroatoms. The van der Waals surface area contributed by atoms with Gasteiger partial charge in [-0.05, 0) is 42.5 Å². The summed E-state index contributed by atoms with van der Waals surface area (Å²) in [6.07, 6.45) is 4.29. The van der Waals surface area contributed by atoms with Crippen LogP contribution >= 0.6 is 0 Å². The van der Waals surface area contributed by atoms with E-state index in [9.17, 15) is 9.59 Å². The van der Waals surface area contributed by atoms with Crippen molar-refractivity contribution >= 4 is 23.3 Å². The molecule has 3 rings (SSSR count). The first-order chi connectivity index (χ1) is 14.4. The minimum Gasteiger partial charge on any atom is -0.398 e. The fraction of sp³-hybridized carbons (Fsp3) is 0.348. The average molecular weight is 408 g/mol. The van der Waals surface area contributed by atoms with Crippen LogP contribution in [0.3, 0.4) is 0 Å². The Balaban J connectivity index is 1.84. The van der Waals surface area contributed by atoms with Crippen LogP contribution < -0.4 is 22.1 Å². The lowest BCUT2D eigenvalue weighted by molar-refractivity contribution is -0.124. The lowest BCUT2D eigenvalue weighted by Crippen LogP contribution is -2.47. The molecule has 2 aromatic carbocycles. The third-order valence-electron chi connectivity index (χ3n) is 5.72. The number of carbonyl (C=O) groups is 2. The summed E-state index contributed by atoms with van der Waals surface area (Å²) < 4.78 is 0. The number of benzene rings is 2. The number of anilines is 1. The third-order valence-corrected chi connectivity index (χ3v) is 5.72. The van der Waals surface area contributed by atoms with Crippen molar-refractivity contribution in [3.05, 3.63) is 65.2 Å². The molecular formula is C23H29N5O2. The van der Waals surface area contributed by atoms with Crippen molar-refractivity contribution in [3.63, 3.8) is 0 Å². The molecule has 0 heterocycles. The molecule has 2 unspecified atom stereocenters. The standard InChI is InChI=1S/C23H29N5O2/c1-14-7-5-6-10-19(14)27-23(30)20(15-8-3-2-4-9-15)28-22(29)17-13-16(21(25)26)11-12-18(17)24/h2-4,8-9,11-14,19-20H,5-7,10,24H2,1H3,(H3,25,26)(H,27,30)(H,28,29)/t14?,19?,20-/m1/s1. The maximum atomic E-state index is 13.2. The van der Waals surface area contributed by atoms with Crippen molar-refractivity contribution < 1.29 is 9.59 Å². The van der Waals surface area contributed by atoms with E-state index in [0.717, 1.165) is 19.3 Å². The molecule has 2 amide bonds. The van der Waals surface area contributed by atoms with Crippen LogP contribution in [-0.2, 0) is 4.79 Å². The summed E-state index contributed by atoms with van der Waals surface area (Å²) in [6.45, 7) is 2.15. The molecule has 0 saturated heterocycles. The van der Waals surface area contributed by atoms with Crippen LogP contribution in [0.2, 0.25) is 0 Å². The summed E-state index contributed by atoms with van der Waals surface area (Å²) in [5, 5.41) is 13.5. The van der Waals surface area contributed by atoms with E-state index in [-0.39, 0.29) is 29.0 Å². The second kappa shape index (κ2) is 9.43. The Morgan fingerprint density at radius 1 is 1.10 bits per heavy atom. The lowest BCUT2D eigenvalue weighted by atomic mass is 9.85. The molecule has 1 aliphatic carbocycles. The Labute approximate surface area is 176 Å². The molecule has 1 fully saturated rings. The van der Waals surface area contributed by atoms with Crippen LogP contribution in [0.4, 0.5) is 5.69 Å². The number of amides is 2. The molecule has 2 aromatic rings. The van der Waals surface area contributed by atoms with Crippen LogP contribution in [0.1, 0.15) is 60.1 Å². The second-order valence-electron chi connectivity index (χ2n) is 7.91. The first kappa shape index (κ1) is 21.4. The molecule has 7 N–H and O–H groups in total. The van der Waals surface area contributed by atoms with E-state index in [1.165, 1.54) is 18.6 Å². The summed E-state index contributed by atoms with van der Waals surface area (Å²) in [4.78, 5) is 26.2. The first-order valence-electron chi connectivity index (χ1n) is 10.3. The molecular weight excluding hydrogens is 378 g/mol. The zero-order valence-corrected chi connectivity index (χ0v) is 17.2. The molecule has 0 radical (unpaired) electrons. The van der Waals surface area contributed by atoms with E-state index in [4.69, 9.17) is 16.9 Å². The highest BCUT2D eigenvalue weighted by molar-refractivity contribution is 6.04. The highest BCUT2D eigenvalue weighted by Gasteiger charge is 2.29. The van der Waals surface area contributed by atoms with E-state index >= 15 is 0 Å². The first-order valence-corrected chi connectivity index (χ1v) is 10.3. The second-order valence-corrected chi connectivity index (χ2v) is 7.91. The molecule has 1 saturated carbocycles. The monoisotopic (exact) mass is 407 g/mol. The molecule has 0 bridgehead atoms. The van der Waals surface area contributed by atoms with Gasteiger partial charge in [-0.25, -0.2) is 0 Å². The van der Waals surface area contributed by atoms with Gasteiger partial charge in [0.2, 0.25) is 5.91 Å². The largest absolute Gasteiger partial charge is 0.398 e. The van der Waals surface area contributed by atoms with Gasteiger partial charge >= 0.3 is 0 Å². The zero-order chi connectivity index (χ0) is 21.7. The SMILES string of the molecule is CC1CCCCC1NC(=O)[C@H](NC(=O)c1cc(C(=N)N)ccc1N)c1ccccc1. The van der Waals surface area contributed by atoms with Crippen molar-refractivity contribution in [1.82, 2.24) is 10.6 Å². The molecule has 158 valence electrons. The number of amidine groups is 1. The Morgan fingerprint density at radius 3 is 2.47 bits per heavy atom.